The summed E-state index contributed by atoms with van der Waals surface area (Å²) in [5, 5.41) is 5.50. The highest BCUT2D eigenvalue weighted by Crippen LogP contribution is 2.33. The molecular formula is C17H17ClN2O4S. The third-order valence-electron chi connectivity index (χ3n) is 3.45. The molecule has 25 heavy (non-hydrogen) atoms. The average Bonchev–Trinajstić information content (AvgIpc) is 2.82. The molecule has 8 heteroatoms. The fourth-order valence-electron chi connectivity index (χ4n) is 2.13. The third kappa shape index (κ3) is 4.37. The zero-order chi connectivity index (χ0) is 18.6. The number of thiophene rings is 1. The number of benzene rings is 1. The minimum absolute atomic E-state index is 0.150. The van der Waals surface area contributed by atoms with Crippen molar-refractivity contribution in [2.24, 2.45) is 0 Å². The number of amides is 3. The Morgan fingerprint density at radius 1 is 1.16 bits per heavy atom. The Hall–Kier alpha value is -2.38. The van der Waals surface area contributed by atoms with Crippen LogP contribution in [0.15, 0.2) is 24.3 Å². The van der Waals surface area contributed by atoms with Crippen molar-refractivity contribution in [3.63, 3.8) is 0 Å². The van der Waals surface area contributed by atoms with Crippen LogP contribution in [0, 0.1) is 13.8 Å². The van der Waals surface area contributed by atoms with Gasteiger partial charge in [0, 0.05) is 4.88 Å². The largest absolute Gasteiger partial charge is 0.450 e. The number of hydrogen-bond acceptors (Lipinski definition) is 5. The van der Waals surface area contributed by atoms with Gasteiger partial charge in [-0.2, -0.15) is 0 Å². The van der Waals surface area contributed by atoms with Gasteiger partial charge in [0.05, 0.1) is 22.8 Å². The summed E-state index contributed by atoms with van der Waals surface area (Å²) < 4.78 is 4.71. The Balaban J connectivity index is 2.29. The van der Waals surface area contributed by atoms with Crippen LogP contribution in [0.5, 0.6) is 0 Å². The lowest BCUT2D eigenvalue weighted by Crippen LogP contribution is -2.32. The summed E-state index contributed by atoms with van der Waals surface area (Å²) >= 11 is 7.28. The lowest BCUT2D eigenvalue weighted by molar-refractivity contribution is 0.0925. The maximum Gasteiger partial charge on any atom is 0.414 e. The highest BCUT2D eigenvalue weighted by atomic mass is 35.5. The molecule has 6 nitrogen and oxygen atoms in total. The first-order chi connectivity index (χ1) is 11.8. The summed E-state index contributed by atoms with van der Waals surface area (Å²) in [7, 11) is 0. The highest BCUT2D eigenvalue weighted by Gasteiger charge is 2.23. The van der Waals surface area contributed by atoms with Crippen molar-refractivity contribution in [2.45, 2.75) is 20.8 Å². The molecule has 0 radical (unpaired) electrons. The van der Waals surface area contributed by atoms with Crippen molar-refractivity contribution >= 4 is 45.8 Å². The highest BCUT2D eigenvalue weighted by molar-refractivity contribution is 7.16. The first-order valence-electron chi connectivity index (χ1n) is 7.49. The second-order valence-corrected chi connectivity index (χ2v) is 6.73. The number of hydrogen-bond donors (Lipinski definition) is 2. The molecule has 2 N–H and O–H groups in total. The predicted octanol–water partition coefficient (Wildman–Crippen LogP) is 4.16. The molecule has 3 amide bonds. The molecule has 0 aliphatic carbocycles. The van der Waals surface area contributed by atoms with E-state index < -0.39 is 17.9 Å². The van der Waals surface area contributed by atoms with Crippen molar-refractivity contribution in [2.75, 3.05) is 11.9 Å². The second kappa shape index (κ2) is 8.13. The lowest BCUT2D eigenvalue weighted by atomic mass is 10.1. The fraction of sp³-hybridized carbons (Fsp3) is 0.235. The normalized spacial score (nSPS) is 10.2. The molecule has 132 valence electrons. The van der Waals surface area contributed by atoms with E-state index in [-0.39, 0.29) is 12.2 Å². The number of ether oxygens (including phenoxy) is 1. The van der Waals surface area contributed by atoms with Crippen LogP contribution in [0.4, 0.5) is 9.80 Å². The first-order valence-corrected chi connectivity index (χ1v) is 8.68. The lowest BCUT2D eigenvalue weighted by Gasteiger charge is -2.09. The van der Waals surface area contributed by atoms with E-state index in [1.807, 2.05) is 6.92 Å². The molecular weight excluding hydrogens is 364 g/mol. The summed E-state index contributed by atoms with van der Waals surface area (Å²) in [6, 6.07) is 6.61. The first kappa shape index (κ1) is 19.0. The van der Waals surface area contributed by atoms with Gasteiger partial charge in [-0.3, -0.25) is 14.9 Å². The molecule has 1 heterocycles. The molecule has 0 unspecified atom stereocenters. The van der Waals surface area contributed by atoms with Gasteiger partial charge in [-0.05, 0) is 38.5 Å². The Morgan fingerprint density at radius 3 is 2.48 bits per heavy atom. The van der Waals surface area contributed by atoms with Crippen molar-refractivity contribution in [1.82, 2.24) is 5.32 Å². The zero-order valence-corrected chi connectivity index (χ0v) is 15.5. The molecule has 2 rings (SSSR count). The van der Waals surface area contributed by atoms with Crippen molar-refractivity contribution in [3.05, 3.63) is 50.9 Å². The maximum absolute atomic E-state index is 12.4. The number of aryl methyl sites for hydroxylation is 1. The van der Waals surface area contributed by atoms with Crippen LogP contribution in [-0.2, 0) is 4.74 Å². The van der Waals surface area contributed by atoms with E-state index in [2.05, 4.69) is 10.6 Å². The number of nitrogens with one attached hydrogen (secondary N) is 2. The Kier molecular flexibility index (Phi) is 6.17. The monoisotopic (exact) mass is 380 g/mol. The molecule has 0 aliphatic heterocycles. The van der Waals surface area contributed by atoms with Gasteiger partial charge in [0.1, 0.15) is 5.00 Å². The molecule has 2 aromatic rings. The zero-order valence-electron chi connectivity index (χ0n) is 13.9. The number of rotatable bonds is 4. The number of imide groups is 1. The van der Waals surface area contributed by atoms with E-state index in [0.29, 0.717) is 21.2 Å². The van der Waals surface area contributed by atoms with Gasteiger partial charge in [0.15, 0.2) is 0 Å². The summed E-state index contributed by atoms with van der Waals surface area (Å²) in [6.07, 6.45) is -0.834. The molecule has 1 aromatic carbocycles. The summed E-state index contributed by atoms with van der Waals surface area (Å²) in [4.78, 5) is 37.2. The van der Waals surface area contributed by atoms with E-state index in [9.17, 15) is 14.4 Å². The van der Waals surface area contributed by atoms with Crippen LogP contribution in [0.2, 0.25) is 5.02 Å². The number of anilines is 1. The van der Waals surface area contributed by atoms with Crippen LogP contribution >= 0.6 is 22.9 Å². The van der Waals surface area contributed by atoms with Gasteiger partial charge in [-0.1, -0.05) is 23.7 Å². The second-order valence-electron chi connectivity index (χ2n) is 5.10. The molecule has 0 spiro atoms. The maximum atomic E-state index is 12.4. The summed E-state index contributed by atoms with van der Waals surface area (Å²) in [5.74, 6) is -1.06. The van der Waals surface area contributed by atoms with Gasteiger partial charge in [0.25, 0.3) is 11.8 Å². The third-order valence-corrected chi connectivity index (χ3v) is 4.90. The predicted molar refractivity (Wildman–Crippen MR) is 97.7 cm³/mol. The SMILES string of the molecule is CCOC(=O)NC(=O)c1c(NC(=O)c2ccccc2Cl)sc(C)c1C. The van der Waals surface area contributed by atoms with E-state index in [0.717, 1.165) is 4.88 Å². The molecule has 0 fully saturated rings. The number of halogens is 1. The molecule has 0 bridgehead atoms. The number of carbonyl (C=O) groups is 3. The Labute approximate surface area is 154 Å². The van der Waals surface area contributed by atoms with Gasteiger partial charge in [-0.25, -0.2) is 4.79 Å². The van der Waals surface area contributed by atoms with E-state index in [4.69, 9.17) is 16.3 Å². The van der Waals surface area contributed by atoms with E-state index >= 15 is 0 Å². The van der Waals surface area contributed by atoms with Crippen LogP contribution < -0.4 is 10.6 Å². The minimum atomic E-state index is -0.834. The summed E-state index contributed by atoms with van der Waals surface area (Å²) in [5.41, 5.74) is 1.21. The van der Waals surface area contributed by atoms with Gasteiger partial charge >= 0.3 is 6.09 Å². The van der Waals surface area contributed by atoms with Crippen LogP contribution in [0.3, 0.4) is 0 Å². The molecule has 0 saturated heterocycles. The van der Waals surface area contributed by atoms with Crippen LogP contribution in [0.25, 0.3) is 0 Å². The number of carbonyl (C=O) groups excluding carboxylic acids is 3. The average molecular weight is 381 g/mol. The van der Waals surface area contributed by atoms with Gasteiger partial charge < -0.3 is 10.1 Å². The quantitative estimate of drug-likeness (QED) is 0.834. The van der Waals surface area contributed by atoms with E-state index in [1.54, 1.807) is 38.1 Å². The summed E-state index contributed by atoms with van der Waals surface area (Å²) in [6.45, 7) is 5.36. The number of alkyl carbamates (subject to hydrolysis) is 1. The van der Waals surface area contributed by atoms with Gasteiger partial charge in [-0.15, -0.1) is 11.3 Å². The fourth-order valence-corrected chi connectivity index (χ4v) is 3.40. The van der Waals surface area contributed by atoms with E-state index in [1.165, 1.54) is 11.3 Å². The molecule has 0 atom stereocenters. The topological polar surface area (TPSA) is 84.5 Å². The van der Waals surface area contributed by atoms with Gasteiger partial charge in [0.2, 0.25) is 0 Å². The Bertz CT molecular complexity index is 832. The smallest absolute Gasteiger partial charge is 0.414 e. The molecule has 1 aromatic heterocycles. The minimum Gasteiger partial charge on any atom is -0.450 e. The van der Waals surface area contributed by atoms with Crippen molar-refractivity contribution in [1.29, 1.82) is 0 Å². The standard InChI is InChI=1S/C17H17ClN2O4S/c1-4-24-17(23)20-15(22)13-9(2)10(3)25-16(13)19-14(21)11-7-5-6-8-12(11)18/h5-8H,4H2,1-3H3,(H,19,21)(H,20,22,23). The van der Waals surface area contributed by atoms with Crippen molar-refractivity contribution in [3.8, 4) is 0 Å². The molecule has 0 saturated carbocycles. The van der Waals surface area contributed by atoms with Crippen LogP contribution in [-0.4, -0.2) is 24.5 Å². The molecule has 0 aliphatic rings. The Morgan fingerprint density at radius 2 is 1.84 bits per heavy atom. The van der Waals surface area contributed by atoms with Crippen LogP contribution in [0.1, 0.15) is 38.1 Å². The van der Waals surface area contributed by atoms with Crippen molar-refractivity contribution < 1.29 is 19.1 Å².